The van der Waals surface area contributed by atoms with Crippen molar-refractivity contribution in [3.05, 3.63) is 23.8 Å². The fraction of sp³-hybridized carbons (Fsp3) is 0.750. The summed E-state index contributed by atoms with van der Waals surface area (Å²) in [6, 6.07) is 0. The van der Waals surface area contributed by atoms with Crippen LogP contribution in [0.2, 0.25) is 0 Å². The number of nitrogens with zero attached hydrogens (tertiary/aromatic N) is 1. The second-order valence-corrected chi connectivity index (χ2v) is 8.02. The molecule has 0 aromatic carbocycles. The summed E-state index contributed by atoms with van der Waals surface area (Å²) >= 11 is 0. The van der Waals surface area contributed by atoms with Gasteiger partial charge in [0.05, 0.1) is 0 Å². The van der Waals surface area contributed by atoms with Crippen LogP contribution >= 0.6 is 0 Å². The molecule has 0 aromatic heterocycles. The maximum Gasteiger partial charge on any atom is 0.0117 e. The lowest BCUT2D eigenvalue weighted by atomic mass is 10.0. The molecule has 0 N–H and O–H groups in total. The zero-order chi connectivity index (χ0) is 18.9. The molecule has 1 nitrogen and oxygen atoms in total. The van der Waals surface area contributed by atoms with E-state index in [0.717, 1.165) is 18.3 Å². The topological polar surface area (TPSA) is 3.24 Å². The molecule has 0 spiro atoms. The summed E-state index contributed by atoms with van der Waals surface area (Å²) in [4.78, 5) is 2.24. The Hall–Kier alpha value is -1.00. The van der Waals surface area contributed by atoms with Gasteiger partial charge < -0.3 is 4.90 Å². The van der Waals surface area contributed by atoms with Crippen LogP contribution in [0.1, 0.15) is 85.5 Å². The summed E-state index contributed by atoms with van der Waals surface area (Å²) in [6.45, 7) is 9.74. The van der Waals surface area contributed by atoms with Gasteiger partial charge in [-0.25, -0.2) is 0 Å². The highest BCUT2D eigenvalue weighted by atomic mass is 15.0. The Bertz CT molecular complexity index is 409. The summed E-state index contributed by atoms with van der Waals surface area (Å²) in [7, 11) is 4.25. The van der Waals surface area contributed by atoms with E-state index in [-0.39, 0.29) is 0 Å². The van der Waals surface area contributed by atoms with E-state index in [4.69, 9.17) is 0 Å². The summed E-state index contributed by atoms with van der Waals surface area (Å²) < 4.78 is 0. The molecular formula is C24H43N. The lowest BCUT2D eigenvalue weighted by Crippen LogP contribution is -2.12. The molecule has 0 saturated heterocycles. The average Bonchev–Trinajstić information content (AvgIpc) is 3.06. The largest absolute Gasteiger partial charge is 0.309 e. The second kappa shape index (κ2) is 16.5. The van der Waals surface area contributed by atoms with E-state index < -0.39 is 0 Å². The summed E-state index contributed by atoms with van der Waals surface area (Å²) in [5.74, 6) is 7.71. The Kier molecular flexibility index (Phi) is 15.8. The molecule has 1 heteroatoms. The Balaban J connectivity index is 0.000000477. The molecule has 144 valence electrons. The van der Waals surface area contributed by atoms with Gasteiger partial charge in [0.2, 0.25) is 0 Å². The van der Waals surface area contributed by atoms with Crippen molar-refractivity contribution in [2.24, 2.45) is 11.8 Å². The van der Waals surface area contributed by atoms with Crippen LogP contribution in [0.25, 0.3) is 0 Å². The number of hydrogen-bond donors (Lipinski definition) is 0. The maximum absolute atomic E-state index is 3.14. The number of rotatable bonds is 9. The Labute approximate surface area is 159 Å². The molecule has 0 amide bonds. The van der Waals surface area contributed by atoms with Crippen molar-refractivity contribution in [1.82, 2.24) is 4.90 Å². The van der Waals surface area contributed by atoms with E-state index in [9.17, 15) is 0 Å². The predicted molar refractivity (Wildman–Crippen MR) is 115 cm³/mol. The quantitative estimate of drug-likeness (QED) is 0.251. The van der Waals surface area contributed by atoms with Gasteiger partial charge >= 0.3 is 0 Å². The Morgan fingerprint density at radius 3 is 2.40 bits per heavy atom. The Morgan fingerprint density at radius 2 is 1.84 bits per heavy atom. The van der Waals surface area contributed by atoms with Gasteiger partial charge in [-0.2, -0.15) is 0 Å². The highest BCUT2D eigenvalue weighted by Gasteiger charge is 2.10. The molecule has 0 heterocycles. The maximum atomic E-state index is 3.14. The molecule has 0 radical (unpaired) electrons. The first-order chi connectivity index (χ1) is 12.0. The van der Waals surface area contributed by atoms with Crippen molar-refractivity contribution >= 4 is 0 Å². The molecule has 1 rings (SSSR count). The summed E-state index contributed by atoms with van der Waals surface area (Å²) in [6.07, 6.45) is 19.0. The SMILES string of the molecule is CC#CCC(C)C/C=C/C1CCCC1.CC(C)=CCCCCN(C)C. The van der Waals surface area contributed by atoms with Crippen molar-refractivity contribution in [3.63, 3.8) is 0 Å². The molecule has 1 saturated carbocycles. The normalized spacial score (nSPS) is 15.5. The predicted octanol–water partition coefficient (Wildman–Crippen LogP) is 6.86. The minimum Gasteiger partial charge on any atom is -0.309 e. The van der Waals surface area contributed by atoms with E-state index in [1.807, 2.05) is 6.92 Å². The Morgan fingerprint density at radius 1 is 1.16 bits per heavy atom. The first-order valence-corrected chi connectivity index (χ1v) is 10.3. The molecule has 0 bridgehead atoms. The molecular weight excluding hydrogens is 302 g/mol. The third-order valence-corrected chi connectivity index (χ3v) is 4.59. The first-order valence-electron chi connectivity index (χ1n) is 10.3. The molecule has 1 aliphatic rings. The highest BCUT2D eigenvalue weighted by molar-refractivity contribution is 4.98. The minimum atomic E-state index is 0.722. The van der Waals surface area contributed by atoms with E-state index in [0.29, 0.717) is 0 Å². The highest BCUT2D eigenvalue weighted by Crippen LogP contribution is 2.26. The van der Waals surface area contributed by atoms with Crippen molar-refractivity contribution in [2.75, 3.05) is 20.6 Å². The molecule has 1 fully saturated rings. The van der Waals surface area contributed by atoms with Crippen molar-refractivity contribution in [1.29, 1.82) is 0 Å². The third-order valence-electron chi connectivity index (χ3n) is 4.59. The molecule has 1 aliphatic carbocycles. The van der Waals surface area contributed by atoms with Crippen LogP contribution in [0.4, 0.5) is 0 Å². The van der Waals surface area contributed by atoms with Crippen LogP contribution in [0.5, 0.6) is 0 Å². The van der Waals surface area contributed by atoms with Crippen molar-refractivity contribution in [3.8, 4) is 11.8 Å². The van der Waals surface area contributed by atoms with Crippen LogP contribution in [0.15, 0.2) is 23.8 Å². The zero-order valence-corrected chi connectivity index (χ0v) is 17.9. The molecule has 25 heavy (non-hydrogen) atoms. The molecule has 0 aromatic rings. The summed E-state index contributed by atoms with van der Waals surface area (Å²) in [5, 5.41) is 0. The van der Waals surface area contributed by atoms with Gasteiger partial charge in [-0.3, -0.25) is 0 Å². The number of unbranched alkanes of at least 4 members (excludes halogenated alkanes) is 2. The lowest BCUT2D eigenvalue weighted by Gasteiger charge is -2.07. The van der Waals surface area contributed by atoms with Gasteiger partial charge in [0.25, 0.3) is 0 Å². The van der Waals surface area contributed by atoms with Gasteiger partial charge in [-0.05, 0) is 91.8 Å². The number of allylic oxidation sites excluding steroid dienone is 4. The fourth-order valence-electron chi connectivity index (χ4n) is 2.98. The summed E-state index contributed by atoms with van der Waals surface area (Å²) in [5.41, 5.74) is 1.44. The zero-order valence-electron chi connectivity index (χ0n) is 17.9. The van der Waals surface area contributed by atoms with Crippen molar-refractivity contribution < 1.29 is 0 Å². The van der Waals surface area contributed by atoms with Crippen LogP contribution in [-0.2, 0) is 0 Å². The van der Waals surface area contributed by atoms with Crippen molar-refractivity contribution in [2.45, 2.75) is 85.5 Å². The van der Waals surface area contributed by atoms with Crippen LogP contribution in [0, 0.1) is 23.7 Å². The van der Waals surface area contributed by atoms with Gasteiger partial charge in [0.15, 0.2) is 0 Å². The average molecular weight is 346 g/mol. The fourth-order valence-corrected chi connectivity index (χ4v) is 2.98. The van der Waals surface area contributed by atoms with Gasteiger partial charge in [0.1, 0.15) is 0 Å². The monoisotopic (exact) mass is 345 g/mol. The lowest BCUT2D eigenvalue weighted by molar-refractivity contribution is 0.395. The van der Waals surface area contributed by atoms with E-state index in [1.54, 1.807) is 0 Å². The number of hydrogen-bond acceptors (Lipinski definition) is 1. The van der Waals surface area contributed by atoms with Gasteiger partial charge in [-0.15, -0.1) is 11.8 Å². The molecule has 1 atom stereocenters. The third kappa shape index (κ3) is 17.6. The van der Waals surface area contributed by atoms with E-state index in [1.165, 1.54) is 63.5 Å². The molecule has 0 aliphatic heterocycles. The first kappa shape index (κ1) is 24.0. The molecule has 1 unspecified atom stereocenters. The van der Waals surface area contributed by atoms with Gasteiger partial charge in [0, 0.05) is 6.42 Å². The second-order valence-electron chi connectivity index (χ2n) is 8.02. The standard InChI is InChI=1S/C14H22.C10H21N/c1-3-4-8-13(2)9-7-12-14-10-5-6-11-14;1-10(2)8-6-5-7-9-11(3)4/h7,12-14H,5-6,8-11H2,1-2H3;8H,5-7,9H2,1-4H3/b12-7+;. The van der Waals surface area contributed by atoms with E-state index in [2.05, 4.69) is 69.8 Å². The van der Waals surface area contributed by atoms with Crippen LogP contribution < -0.4 is 0 Å². The minimum absolute atomic E-state index is 0.722. The van der Waals surface area contributed by atoms with Crippen LogP contribution in [-0.4, -0.2) is 25.5 Å². The smallest absolute Gasteiger partial charge is 0.0117 e. The van der Waals surface area contributed by atoms with Gasteiger partial charge in [-0.1, -0.05) is 43.6 Å². The van der Waals surface area contributed by atoms with Crippen LogP contribution in [0.3, 0.4) is 0 Å². The van der Waals surface area contributed by atoms with E-state index >= 15 is 0 Å².